The molecule has 14 heavy (non-hydrogen) atoms. The molecule has 0 heterocycles. The van der Waals surface area contributed by atoms with Crippen molar-refractivity contribution in [2.75, 3.05) is 27.4 Å². The third kappa shape index (κ3) is 22.5. The second kappa shape index (κ2) is 14.9. The molecule has 0 spiro atoms. The fourth-order valence-corrected chi connectivity index (χ4v) is 0.352. The van der Waals surface area contributed by atoms with Crippen LogP contribution in [0.1, 0.15) is 28.2 Å². The normalized spacial score (nSPS) is 10.4. The Labute approximate surface area is 87.5 Å². The van der Waals surface area contributed by atoms with E-state index in [1.165, 1.54) is 14.0 Å². The summed E-state index contributed by atoms with van der Waals surface area (Å²) in [5.74, 6) is -0.245. The molecule has 0 rings (SSSR count). The number of methoxy groups -OCH3 is 2. The number of hydrogen-bond donors (Lipinski definition) is 0. The topological polar surface area (TPSA) is 44.8 Å². The van der Waals surface area contributed by atoms with Gasteiger partial charge in [-0.1, -0.05) is 7.43 Å². The molecule has 0 saturated carbocycles. The summed E-state index contributed by atoms with van der Waals surface area (Å²) in [6.07, 6.45) is 0.231. The van der Waals surface area contributed by atoms with Gasteiger partial charge in [0.2, 0.25) is 0 Å². The molecule has 0 radical (unpaired) electrons. The van der Waals surface area contributed by atoms with Gasteiger partial charge in [0.1, 0.15) is 0 Å². The van der Waals surface area contributed by atoms with E-state index in [1.807, 2.05) is 13.8 Å². The first-order valence-electron chi connectivity index (χ1n) is 4.23. The Morgan fingerprint density at radius 3 is 2.00 bits per heavy atom. The Morgan fingerprint density at radius 1 is 1.36 bits per heavy atom. The Kier molecular flexibility index (Phi) is 20.3. The molecule has 4 heteroatoms. The number of carbonyl (C=O) groups excluding carboxylic acids is 1. The molecule has 4 nitrogen and oxygen atoms in total. The maximum absolute atomic E-state index is 9.59. The van der Waals surface area contributed by atoms with Crippen LogP contribution in [0.25, 0.3) is 0 Å². The quantitative estimate of drug-likeness (QED) is 0.662. The van der Waals surface area contributed by atoms with E-state index in [-0.39, 0.29) is 19.5 Å². The fourth-order valence-electron chi connectivity index (χ4n) is 0.352. The van der Waals surface area contributed by atoms with Crippen LogP contribution in [0, 0.1) is 0 Å². The third-order valence-corrected chi connectivity index (χ3v) is 1.25. The lowest BCUT2D eigenvalue weighted by Crippen LogP contribution is -2.13. The highest BCUT2D eigenvalue weighted by molar-refractivity contribution is 5.65. The van der Waals surface area contributed by atoms with Crippen LogP contribution in [0.3, 0.4) is 0 Å². The van der Waals surface area contributed by atoms with Crippen LogP contribution in [-0.4, -0.2) is 39.5 Å². The zero-order valence-corrected chi connectivity index (χ0v) is 9.12. The summed E-state index contributed by atoms with van der Waals surface area (Å²) >= 11 is 0. The highest BCUT2D eigenvalue weighted by Gasteiger charge is 1.95. The number of esters is 1. The lowest BCUT2D eigenvalue weighted by molar-refractivity contribution is -0.137. The van der Waals surface area contributed by atoms with Crippen LogP contribution in [0.15, 0.2) is 0 Å². The third-order valence-electron chi connectivity index (χ3n) is 1.25. The van der Waals surface area contributed by atoms with Crippen LogP contribution in [0.5, 0.6) is 0 Å². The van der Waals surface area contributed by atoms with Crippen molar-refractivity contribution in [2.45, 2.75) is 34.3 Å². The molecule has 0 aliphatic rings. The Bertz CT molecular complexity index is 115. The van der Waals surface area contributed by atoms with E-state index in [2.05, 4.69) is 4.74 Å². The molecule has 0 saturated heterocycles. The number of rotatable bonds is 4. The zero-order valence-electron chi connectivity index (χ0n) is 9.12. The van der Waals surface area contributed by atoms with Crippen LogP contribution < -0.4 is 0 Å². The molecular weight excluding hydrogens is 184 g/mol. The van der Waals surface area contributed by atoms with Crippen molar-refractivity contribution in [1.82, 2.24) is 0 Å². The monoisotopic (exact) mass is 208 g/mol. The maximum Gasteiger partial charge on any atom is 0.302 e. The van der Waals surface area contributed by atoms with Crippen LogP contribution in [0.2, 0.25) is 0 Å². The molecule has 88 valence electrons. The molecule has 0 aromatic heterocycles. The van der Waals surface area contributed by atoms with Crippen LogP contribution in [0.4, 0.5) is 0 Å². The van der Waals surface area contributed by atoms with Crippen LogP contribution in [-0.2, 0) is 19.0 Å². The van der Waals surface area contributed by atoms with Gasteiger partial charge in [0.15, 0.2) is 0 Å². The molecule has 0 aliphatic heterocycles. The molecule has 1 atom stereocenters. The van der Waals surface area contributed by atoms with Gasteiger partial charge >= 0.3 is 5.97 Å². The average molecular weight is 208 g/mol. The molecule has 0 N–H and O–H groups in total. The van der Waals surface area contributed by atoms with Crippen molar-refractivity contribution < 1.29 is 19.0 Å². The van der Waals surface area contributed by atoms with E-state index >= 15 is 0 Å². The summed E-state index contributed by atoms with van der Waals surface area (Å²) in [5, 5.41) is 0. The molecule has 0 aromatic carbocycles. The first-order chi connectivity index (χ1) is 6.08. The average Bonchev–Trinajstić information content (AvgIpc) is 2.15. The SMILES string of the molecule is C.CCOCC(C)OC.COC(C)=O. The van der Waals surface area contributed by atoms with Gasteiger partial charge < -0.3 is 14.2 Å². The van der Waals surface area contributed by atoms with Crippen molar-refractivity contribution in [3.05, 3.63) is 0 Å². The van der Waals surface area contributed by atoms with Gasteiger partial charge in [-0.2, -0.15) is 0 Å². The van der Waals surface area contributed by atoms with Crippen molar-refractivity contribution in [3.8, 4) is 0 Å². The van der Waals surface area contributed by atoms with Gasteiger partial charge in [-0.25, -0.2) is 0 Å². The summed E-state index contributed by atoms with van der Waals surface area (Å²) in [5.41, 5.74) is 0. The van der Waals surface area contributed by atoms with Gasteiger partial charge in [-0.3, -0.25) is 4.79 Å². The van der Waals surface area contributed by atoms with Crippen molar-refractivity contribution in [3.63, 3.8) is 0 Å². The second-order valence-electron chi connectivity index (χ2n) is 2.40. The van der Waals surface area contributed by atoms with E-state index in [0.29, 0.717) is 6.61 Å². The van der Waals surface area contributed by atoms with E-state index in [9.17, 15) is 4.79 Å². The Balaban J connectivity index is -0.000000177. The first kappa shape index (κ1) is 19.0. The second-order valence-corrected chi connectivity index (χ2v) is 2.40. The first-order valence-corrected chi connectivity index (χ1v) is 4.23. The van der Waals surface area contributed by atoms with E-state index in [4.69, 9.17) is 9.47 Å². The minimum atomic E-state index is -0.245. The van der Waals surface area contributed by atoms with E-state index < -0.39 is 0 Å². The van der Waals surface area contributed by atoms with Crippen molar-refractivity contribution in [1.29, 1.82) is 0 Å². The Morgan fingerprint density at radius 2 is 1.79 bits per heavy atom. The summed E-state index contributed by atoms with van der Waals surface area (Å²) in [6, 6.07) is 0. The maximum atomic E-state index is 9.59. The van der Waals surface area contributed by atoms with Gasteiger partial charge in [0, 0.05) is 20.6 Å². The summed E-state index contributed by atoms with van der Waals surface area (Å²) in [4.78, 5) is 9.59. The molecule has 0 bridgehead atoms. The highest BCUT2D eigenvalue weighted by atomic mass is 16.5. The highest BCUT2D eigenvalue weighted by Crippen LogP contribution is 1.86. The van der Waals surface area contributed by atoms with Gasteiger partial charge in [-0.05, 0) is 13.8 Å². The lowest BCUT2D eigenvalue weighted by atomic mass is 10.4. The summed E-state index contributed by atoms with van der Waals surface area (Å²) in [7, 11) is 3.03. The molecule has 0 amide bonds. The zero-order chi connectivity index (χ0) is 10.7. The van der Waals surface area contributed by atoms with Gasteiger partial charge in [-0.15, -0.1) is 0 Å². The lowest BCUT2D eigenvalue weighted by Gasteiger charge is -2.07. The minimum Gasteiger partial charge on any atom is -0.469 e. The standard InChI is InChI=1S/C6H14O2.C3H6O2.CH4/c1-4-8-5-6(2)7-3;1-3(4)5-2;/h6H,4-5H2,1-3H3;1-2H3;1H4. The molecule has 1 unspecified atom stereocenters. The predicted octanol–water partition coefficient (Wildman–Crippen LogP) is 1.87. The molecule has 0 aromatic rings. The number of carbonyl (C=O) groups is 1. The fraction of sp³-hybridized carbons (Fsp3) is 0.900. The predicted molar refractivity (Wildman–Crippen MR) is 57.4 cm³/mol. The van der Waals surface area contributed by atoms with Crippen molar-refractivity contribution >= 4 is 5.97 Å². The van der Waals surface area contributed by atoms with Gasteiger partial charge in [0.05, 0.1) is 19.8 Å². The Hall–Kier alpha value is -0.610. The summed E-state index contributed by atoms with van der Waals surface area (Å²) < 4.78 is 14.1. The van der Waals surface area contributed by atoms with Crippen molar-refractivity contribution in [2.24, 2.45) is 0 Å². The van der Waals surface area contributed by atoms with Crippen LogP contribution >= 0.6 is 0 Å². The molecule has 0 aliphatic carbocycles. The minimum absolute atomic E-state index is 0. The van der Waals surface area contributed by atoms with E-state index in [0.717, 1.165) is 6.61 Å². The molecular formula is C10H24O4. The number of hydrogen-bond acceptors (Lipinski definition) is 4. The van der Waals surface area contributed by atoms with E-state index in [1.54, 1.807) is 7.11 Å². The van der Waals surface area contributed by atoms with Gasteiger partial charge in [0.25, 0.3) is 0 Å². The number of ether oxygens (including phenoxy) is 3. The molecule has 0 fully saturated rings. The smallest absolute Gasteiger partial charge is 0.302 e. The summed E-state index contributed by atoms with van der Waals surface area (Å²) in [6.45, 7) is 6.79. The largest absolute Gasteiger partial charge is 0.469 e.